The second-order valence-electron chi connectivity index (χ2n) is 17.3. The zero-order valence-corrected chi connectivity index (χ0v) is 35.4. The van der Waals surface area contributed by atoms with Gasteiger partial charge in [-0.1, -0.05) is 194 Å². The highest BCUT2D eigenvalue weighted by Crippen LogP contribution is 2.67. The van der Waals surface area contributed by atoms with E-state index in [0.29, 0.717) is 0 Å². The summed E-state index contributed by atoms with van der Waals surface area (Å²) in [6.45, 7) is 0. The Balaban J connectivity index is 1.27. The summed E-state index contributed by atoms with van der Waals surface area (Å²) in [4.78, 5) is 10.7. The van der Waals surface area contributed by atoms with Gasteiger partial charge in [0.05, 0.1) is 45.5 Å². The molecule has 65 heavy (non-hydrogen) atoms. The van der Waals surface area contributed by atoms with E-state index >= 15 is 0 Å². The fourth-order valence-corrected chi connectivity index (χ4v) is 11.2. The molecule has 0 aromatic heterocycles. The summed E-state index contributed by atoms with van der Waals surface area (Å²) in [6, 6.07) is 90.1. The number of fused-ring (bicyclic) bond motifs is 8. The van der Waals surface area contributed by atoms with Gasteiger partial charge in [0.25, 0.3) is 5.91 Å². The first-order chi connectivity index (χ1) is 32.3. The highest BCUT2D eigenvalue weighted by molar-refractivity contribution is 6.15. The van der Waals surface area contributed by atoms with Crippen molar-refractivity contribution in [3.63, 3.8) is 0 Å². The number of benzene rings is 12. The fourth-order valence-electron chi connectivity index (χ4n) is 11.2. The molecule has 0 fully saturated rings. The van der Waals surface area contributed by atoms with E-state index in [2.05, 4.69) is 262 Å². The topological polar surface area (TPSA) is 13.0 Å². The largest absolute Gasteiger partial charge is 0.295 e. The SMILES string of the molecule is c1ccc2cc3c(cc2c1)N(c1cccc2ccccc12)C1(N3c2cccc3ccccc23)N(c2cccc3ccccc23)c2cc3ccccc3cc2N1c1cccc2ccccc12. The predicted octanol–water partition coefficient (Wildman–Crippen LogP) is 16.5. The number of rotatable bonds is 4. The molecule has 304 valence electrons. The molecule has 1 spiro atoms. The monoisotopic (exact) mass is 828 g/mol. The molecule has 12 aromatic rings. The van der Waals surface area contributed by atoms with E-state index < -0.39 is 5.91 Å². The van der Waals surface area contributed by atoms with Crippen LogP contribution in [0.5, 0.6) is 0 Å². The zero-order chi connectivity index (χ0) is 42.6. The third kappa shape index (κ3) is 5.02. The van der Waals surface area contributed by atoms with Crippen LogP contribution in [0.25, 0.3) is 64.6 Å². The van der Waals surface area contributed by atoms with Crippen molar-refractivity contribution < 1.29 is 0 Å². The third-order valence-corrected chi connectivity index (χ3v) is 13.9. The zero-order valence-electron chi connectivity index (χ0n) is 35.4. The van der Waals surface area contributed by atoms with Crippen molar-refractivity contribution >= 4 is 110 Å². The van der Waals surface area contributed by atoms with Crippen LogP contribution in [0.2, 0.25) is 0 Å². The van der Waals surface area contributed by atoms with Crippen LogP contribution in [0, 0.1) is 0 Å². The minimum absolute atomic E-state index is 1.11. The molecule has 2 aliphatic rings. The molecule has 4 nitrogen and oxygen atoms in total. The number of hydrogen-bond acceptors (Lipinski definition) is 4. The van der Waals surface area contributed by atoms with Gasteiger partial charge in [-0.05, 0) is 91.6 Å². The summed E-state index contributed by atoms with van der Waals surface area (Å²) in [5.74, 6) is -1.18. The van der Waals surface area contributed by atoms with E-state index in [1.807, 2.05) is 0 Å². The summed E-state index contributed by atoms with van der Waals surface area (Å²) >= 11 is 0. The summed E-state index contributed by atoms with van der Waals surface area (Å²) in [6.07, 6.45) is 0. The van der Waals surface area contributed by atoms with Crippen LogP contribution in [0.3, 0.4) is 0 Å². The van der Waals surface area contributed by atoms with Crippen molar-refractivity contribution in [1.82, 2.24) is 0 Å². The molecular weight excluding hydrogens is 789 g/mol. The molecule has 0 unspecified atom stereocenters. The fraction of sp³-hybridized carbons (Fsp3) is 0.0164. The van der Waals surface area contributed by atoms with E-state index in [0.717, 1.165) is 45.5 Å². The highest BCUT2D eigenvalue weighted by Gasteiger charge is 2.65. The van der Waals surface area contributed by atoms with E-state index in [-0.39, 0.29) is 0 Å². The van der Waals surface area contributed by atoms with Crippen LogP contribution in [0.1, 0.15) is 0 Å². The van der Waals surface area contributed by atoms with Crippen molar-refractivity contribution in [3.8, 4) is 0 Å². The van der Waals surface area contributed by atoms with Gasteiger partial charge in [-0.25, -0.2) is 0 Å². The summed E-state index contributed by atoms with van der Waals surface area (Å²) < 4.78 is 0. The molecular formula is C61H40N4. The van der Waals surface area contributed by atoms with E-state index in [4.69, 9.17) is 0 Å². The molecule has 2 heterocycles. The Morgan fingerprint density at radius 2 is 0.385 bits per heavy atom. The minimum atomic E-state index is -1.18. The van der Waals surface area contributed by atoms with Crippen LogP contribution in [0.15, 0.2) is 243 Å². The normalized spacial score (nSPS) is 14.2. The van der Waals surface area contributed by atoms with Crippen molar-refractivity contribution in [2.45, 2.75) is 5.91 Å². The average molecular weight is 829 g/mol. The Morgan fingerprint density at radius 3 is 0.631 bits per heavy atom. The lowest BCUT2D eigenvalue weighted by atomic mass is 10.0. The number of anilines is 8. The maximum Gasteiger partial charge on any atom is 0.295 e. The Kier molecular flexibility index (Phi) is 7.57. The maximum atomic E-state index is 2.67. The lowest BCUT2D eigenvalue weighted by Gasteiger charge is -2.53. The Labute approximate surface area is 376 Å². The second-order valence-corrected chi connectivity index (χ2v) is 17.3. The molecule has 2 aliphatic heterocycles. The van der Waals surface area contributed by atoms with Crippen molar-refractivity contribution in [2.24, 2.45) is 0 Å². The van der Waals surface area contributed by atoms with Crippen LogP contribution in [0.4, 0.5) is 45.5 Å². The van der Waals surface area contributed by atoms with E-state index in [9.17, 15) is 0 Å². The minimum Gasteiger partial charge on any atom is -0.279 e. The van der Waals surface area contributed by atoms with E-state index in [1.165, 1.54) is 64.6 Å². The van der Waals surface area contributed by atoms with Crippen LogP contribution in [-0.2, 0) is 0 Å². The van der Waals surface area contributed by atoms with Gasteiger partial charge in [0.2, 0.25) is 0 Å². The quantitative estimate of drug-likeness (QED) is 0.175. The molecule has 12 aromatic carbocycles. The molecule has 0 N–H and O–H groups in total. The van der Waals surface area contributed by atoms with Gasteiger partial charge in [-0.3, -0.25) is 19.6 Å². The Morgan fingerprint density at radius 1 is 0.185 bits per heavy atom. The Bertz CT molecular complexity index is 3380. The summed E-state index contributed by atoms with van der Waals surface area (Å²) in [5.41, 5.74) is 8.87. The van der Waals surface area contributed by atoms with Crippen LogP contribution >= 0.6 is 0 Å². The average Bonchev–Trinajstić information content (AvgIpc) is 3.80. The van der Waals surface area contributed by atoms with Crippen LogP contribution in [-0.4, -0.2) is 5.91 Å². The standard InChI is InChI=1S/C61H40N4/c1-2-22-46-38-58-57(37-45(46)21-1)62(53-33-13-25-41-17-5-9-29-49(41)53)61(63(58)54-34-14-26-42-18-6-10-30-50(42)54)64(55-35-15-27-43-19-7-11-31-51(43)55)59-39-47-23-3-4-24-48(47)40-60(59)65(61)56-36-16-28-44-20-8-12-32-52(44)56/h1-40H. The van der Waals surface area contributed by atoms with Crippen LogP contribution < -0.4 is 19.6 Å². The molecule has 0 radical (unpaired) electrons. The molecule has 0 saturated carbocycles. The molecule has 0 saturated heterocycles. The van der Waals surface area contributed by atoms with Gasteiger partial charge in [0.1, 0.15) is 0 Å². The van der Waals surface area contributed by atoms with Crippen molar-refractivity contribution in [1.29, 1.82) is 0 Å². The lowest BCUT2D eigenvalue weighted by Crippen LogP contribution is -2.70. The maximum absolute atomic E-state index is 2.67. The molecule has 4 heteroatoms. The smallest absolute Gasteiger partial charge is 0.279 e. The van der Waals surface area contributed by atoms with Gasteiger partial charge >= 0.3 is 0 Å². The first-order valence-corrected chi connectivity index (χ1v) is 22.4. The number of hydrogen-bond donors (Lipinski definition) is 0. The lowest BCUT2D eigenvalue weighted by molar-refractivity contribution is 0.483. The number of nitrogens with zero attached hydrogens (tertiary/aromatic N) is 4. The third-order valence-electron chi connectivity index (χ3n) is 13.9. The van der Waals surface area contributed by atoms with Gasteiger partial charge < -0.3 is 0 Å². The predicted molar refractivity (Wildman–Crippen MR) is 275 cm³/mol. The molecule has 0 bridgehead atoms. The van der Waals surface area contributed by atoms with E-state index in [1.54, 1.807) is 0 Å². The van der Waals surface area contributed by atoms with Gasteiger partial charge in [-0.15, -0.1) is 0 Å². The van der Waals surface area contributed by atoms with Gasteiger partial charge in [-0.2, -0.15) is 0 Å². The second kappa shape index (κ2) is 13.7. The first kappa shape index (κ1) is 35.9. The van der Waals surface area contributed by atoms with Crippen molar-refractivity contribution in [3.05, 3.63) is 243 Å². The van der Waals surface area contributed by atoms with Gasteiger partial charge in [0.15, 0.2) is 0 Å². The first-order valence-electron chi connectivity index (χ1n) is 22.4. The Hall–Kier alpha value is -8.60. The molecule has 0 atom stereocenters. The summed E-state index contributed by atoms with van der Waals surface area (Å²) in [7, 11) is 0. The molecule has 14 rings (SSSR count). The molecule has 0 aliphatic carbocycles. The van der Waals surface area contributed by atoms with Crippen molar-refractivity contribution in [2.75, 3.05) is 19.6 Å². The highest BCUT2D eigenvalue weighted by atomic mass is 15.8. The summed E-state index contributed by atoms with van der Waals surface area (Å²) in [5, 5.41) is 14.1. The molecule has 0 amide bonds. The van der Waals surface area contributed by atoms with Gasteiger partial charge in [0, 0.05) is 21.5 Å².